The average molecular weight is 598 g/mol. The van der Waals surface area contributed by atoms with Crippen LogP contribution in [0.15, 0.2) is 121 Å². The van der Waals surface area contributed by atoms with E-state index in [9.17, 15) is 0 Å². The predicted octanol–water partition coefficient (Wildman–Crippen LogP) is 12.4. The molecule has 9 rings (SSSR count). The zero-order chi connectivity index (χ0) is 30.4. The Kier molecular flexibility index (Phi) is 5.74. The van der Waals surface area contributed by atoms with Crippen molar-refractivity contribution in [3.8, 4) is 22.3 Å². The summed E-state index contributed by atoms with van der Waals surface area (Å²) in [6.45, 7) is 9.22. The van der Waals surface area contributed by atoms with Crippen LogP contribution in [0.1, 0.15) is 72.9 Å². The maximum Gasteiger partial charge on any atom is 0.0726 e. The van der Waals surface area contributed by atoms with E-state index < -0.39 is 0 Å². The number of benzene rings is 6. The van der Waals surface area contributed by atoms with Gasteiger partial charge in [0.2, 0.25) is 0 Å². The van der Waals surface area contributed by atoms with Gasteiger partial charge in [-0.1, -0.05) is 113 Å². The van der Waals surface area contributed by atoms with E-state index >= 15 is 0 Å². The highest BCUT2D eigenvalue weighted by molar-refractivity contribution is 7.25. The lowest BCUT2D eigenvalue weighted by Gasteiger charge is -2.31. The van der Waals surface area contributed by atoms with Crippen LogP contribution >= 0.6 is 11.3 Å². The summed E-state index contributed by atoms with van der Waals surface area (Å²) in [5.74, 6) is 0.906. The van der Waals surface area contributed by atoms with Crippen LogP contribution in [0.3, 0.4) is 0 Å². The molecule has 1 aromatic heterocycles. The molecule has 2 heteroatoms. The minimum Gasteiger partial charge on any atom is -0.355 e. The van der Waals surface area contributed by atoms with Crippen LogP contribution in [0.5, 0.6) is 0 Å². The molecule has 2 aliphatic rings. The quantitative estimate of drug-likeness (QED) is 0.213. The second kappa shape index (κ2) is 9.67. The molecule has 0 amide bonds. The number of hydrogen-bond donors (Lipinski definition) is 1. The normalized spacial score (nSPS) is 13.9. The van der Waals surface area contributed by atoms with Gasteiger partial charge in [0.25, 0.3) is 0 Å². The minimum absolute atomic E-state index is 0.363. The highest BCUT2D eigenvalue weighted by atomic mass is 32.1. The van der Waals surface area contributed by atoms with Crippen molar-refractivity contribution in [2.75, 3.05) is 5.32 Å². The second-order valence-corrected chi connectivity index (χ2v) is 14.5. The third kappa shape index (κ3) is 3.73. The fourth-order valence-corrected chi connectivity index (χ4v) is 9.07. The number of anilines is 2. The van der Waals surface area contributed by atoms with Gasteiger partial charge in [-0.15, -0.1) is 11.3 Å². The Labute approximate surface area is 269 Å². The van der Waals surface area contributed by atoms with Gasteiger partial charge < -0.3 is 5.32 Å². The van der Waals surface area contributed by atoms with Crippen molar-refractivity contribution in [3.05, 3.63) is 155 Å². The number of fused-ring (bicyclic) bond motifs is 13. The van der Waals surface area contributed by atoms with Crippen molar-refractivity contribution in [1.29, 1.82) is 0 Å². The Hall–Kier alpha value is -4.66. The largest absolute Gasteiger partial charge is 0.355 e. The number of thiophene rings is 1. The first-order chi connectivity index (χ1) is 21.9. The third-order valence-corrected chi connectivity index (χ3v) is 11.4. The van der Waals surface area contributed by atoms with Crippen molar-refractivity contribution in [1.82, 2.24) is 0 Å². The minimum atomic E-state index is -0.363. The van der Waals surface area contributed by atoms with E-state index in [1.807, 2.05) is 11.3 Å². The summed E-state index contributed by atoms with van der Waals surface area (Å²) in [5.41, 5.74) is 15.7. The fourth-order valence-electron chi connectivity index (χ4n) is 7.99. The molecule has 0 radical (unpaired) electrons. The molecule has 0 unspecified atom stereocenters. The SMILES string of the molecule is CC(C)c1ccc2c(c1)C1(c3ccccc3-c3ccc(Nc4ccc5sc6ccccc6c5c4)cc31)c1cc(C(C)C)ccc1-2. The predicted molar refractivity (Wildman–Crippen MR) is 194 cm³/mol. The topological polar surface area (TPSA) is 12.0 Å². The Bertz CT molecular complexity index is 2260. The van der Waals surface area contributed by atoms with Crippen LogP contribution in [-0.2, 0) is 5.41 Å². The maximum atomic E-state index is 3.83. The summed E-state index contributed by atoms with van der Waals surface area (Å²) in [7, 11) is 0. The molecular weight excluding hydrogens is 563 g/mol. The molecule has 1 heterocycles. The standard InChI is InChI=1S/C43H35NS/c1-25(2)27-13-17-32-33-18-14-28(26(3)4)22-39(33)43(38(32)21-27)37-11-7-5-9-31(37)34-19-15-30(24-40(34)43)44-29-16-20-42-36(23-29)35-10-6-8-12-41(35)45-42/h5-26,44H,1-4H3. The zero-order valence-corrected chi connectivity index (χ0v) is 26.9. The van der Waals surface area contributed by atoms with Gasteiger partial charge in [0.1, 0.15) is 0 Å². The van der Waals surface area contributed by atoms with Crippen LogP contribution in [0, 0.1) is 0 Å². The molecule has 0 saturated carbocycles. The molecule has 218 valence electrons. The van der Waals surface area contributed by atoms with Crippen molar-refractivity contribution < 1.29 is 0 Å². The molecule has 2 aliphatic carbocycles. The molecular formula is C43H35NS. The third-order valence-electron chi connectivity index (χ3n) is 10.2. The average Bonchev–Trinajstić information content (AvgIpc) is 3.67. The zero-order valence-electron chi connectivity index (χ0n) is 26.1. The van der Waals surface area contributed by atoms with E-state index in [0.717, 1.165) is 11.4 Å². The first-order valence-electron chi connectivity index (χ1n) is 16.2. The first kappa shape index (κ1) is 26.7. The van der Waals surface area contributed by atoms with E-state index in [1.54, 1.807) is 0 Å². The van der Waals surface area contributed by atoms with Crippen LogP contribution in [0.2, 0.25) is 0 Å². The van der Waals surface area contributed by atoms with Crippen molar-refractivity contribution in [3.63, 3.8) is 0 Å². The summed E-state index contributed by atoms with van der Waals surface area (Å²) in [5, 5.41) is 6.46. The Morgan fingerprint density at radius 2 is 1.00 bits per heavy atom. The van der Waals surface area contributed by atoms with Crippen LogP contribution in [0.4, 0.5) is 11.4 Å². The van der Waals surface area contributed by atoms with Gasteiger partial charge in [-0.25, -0.2) is 0 Å². The Morgan fingerprint density at radius 1 is 0.467 bits per heavy atom. The first-order valence-corrected chi connectivity index (χ1v) is 17.0. The molecule has 1 spiro atoms. The van der Waals surface area contributed by atoms with Gasteiger partial charge in [-0.2, -0.15) is 0 Å². The number of nitrogens with one attached hydrogen (secondary N) is 1. The second-order valence-electron chi connectivity index (χ2n) is 13.4. The summed E-state index contributed by atoms with van der Waals surface area (Å²) in [4.78, 5) is 0. The van der Waals surface area contributed by atoms with Gasteiger partial charge in [0, 0.05) is 31.5 Å². The van der Waals surface area contributed by atoms with Crippen LogP contribution in [0.25, 0.3) is 42.4 Å². The molecule has 45 heavy (non-hydrogen) atoms. The number of hydrogen-bond acceptors (Lipinski definition) is 2. The van der Waals surface area contributed by atoms with E-state index in [1.165, 1.54) is 75.8 Å². The lowest BCUT2D eigenvalue weighted by molar-refractivity contribution is 0.777. The van der Waals surface area contributed by atoms with Gasteiger partial charge in [-0.3, -0.25) is 0 Å². The lowest BCUT2D eigenvalue weighted by atomic mass is 9.69. The van der Waals surface area contributed by atoms with Crippen LogP contribution in [-0.4, -0.2) is 0 Å². The number of rotatable bonds is 4. The van der Waals surface area contributed by atoms with Gasteiger partial charge in [-0.05, 0) is 104 Å². The van der Waals surface area contributed by atoms with E-state index in [2.05, 4.69) is 154 Å². The van der Waals surface area contributed by atoms with Crippen molar-refractivity contribution in [2.24, 2.45) is 0 Å². The van der Waals surface area contributed by atoms with Crippen molar-refractivity contribution in [2.45, 2.75) is 44.9 Å². The molecule has 0 bridgehead atoms. The molecule has 1 N–H and O–H groups in total. The van der Waals surface area contributed by atoms with Crippen LogP contribution < -0.4 is 5.32 Å². The summed E-state index contributed by atoms with van der Waals surface area (Å²) in [6, 6.07) is 46.2. The van der Waals surface area contributed by atoms with E-state index in [-0.39, 0.29) is 5.41 Å². The molecule has 0 fully saturated rings. The molecule has 1 nitrogen and oxygen atoms in total. The highest BCUT2D eigenvalue weighted by Gasteiger charge is 2.52. The molecule has 6 aromatic carbocycles. The Balaban J connectivity index is 1.28. The fraction of sp³-hybridized carbons (Fsp3) is 0.163. The molecule has 7 aromatic rings. The highest BCUT2D eigenvalue weighted by Crippen LogP contribution is 2.63. The Morgan fingerprint density at radius 3 is 1.71 bits per heavy atom. The molecule has 0 atom stereocenters. The summed E-state index contributed by atoms with van der Waals surface area (Å²) < 4.78 is 2.66. The van der Waals surface area contributed by atoms with Gasteiger partial charge >= 0.3 is 0 Å². The maximum absolute atomic E-state index is 3.83. The van der Waals surface area contributed by atoms with Gasteiger partial charge in [0.05, 0.1) is 5.41 Å². The summed E-state index contributed by atoms with van der Waals surface area (Å²) >= 11 is 1.86. The van der Waals surface area contributed by atoms with Gasteiger partial charge in [0.15, 0.2) is 0 Å². The van der Waals surface area contributed by atoms with Crippen molar-refractivity contribution >= 4 is 42.9 Å². The molecule has 0 aliphatic heterocycles. The van der Waals surface area contributed by atoms with E-state index in [4.69, 9.17) is 0 Å². The smallest absolute Gasteiger partial charge is 0.0726 e. The molecule has 0 saturated heterocycles. The summed E-state index contributed by atoms with van der Waals surface area (Å²) in [6.07, 6.45) is 0. The monoisotopic (exact) mass is 597 g/mol. The van der Waals surface area contributed by atoms with E-state index in [0.29, 0.717) is 11.8 Å². The lowest BCUT2D eigenvalue weighted by Crippen LogP contribution is -2.26.